The van der Waals surface area contributed by atoms with Crippen LogP contribution in [0.2, 0.25) is 0 Å². The van der Waals surface area contributed by atoms with Gasteiger partial charge in [-0.05, 0) is 35.7 Å². The van der Waals surface area contributed by atoms with Crippen molar-refractivity contribution in [3.05, 3.63) is 164 Å². The van der Waals surface area contributed by atoms with Gasteiger partial charge >= 0.3 is 0 Å². The average molecular weight is 614 g/mol. The Balaban J connectivity index is 1.44. The highest BCUT2D eigenvalue weighted by Crippen LogP contribution is 2.46. The molecule has 4 heteroatoms. The van der Waals surface area contributed by atoms with E-state index in [0.717, 1.165) is 77.5 Å². The molecule has 48 heavy (non-hydrogen) atoms. The molecule has 0 bridgehead atoms. The zero-order valence-electron chi connectivity index (χ0n) is 25.8. The number of nitrogens with zero attached hydrogens (tertiary/aromatic N) is 3. The van der Waals surface area contributed by atoms with Gasteiger partial charge in [0, 0.05) is 43.9 Å². The molecular weight excluding hydrogens is 587 g/mol. The molecule has 0 amide bonds. The van der Waals surface area contributed by atoms with E-state index < -0.39 is 0 Å². The lowest BCUT2D eigenvalue weighted by atomic mass is 10.0. The van der Waals surface area contributed by atoms with Crippen LogP contribution in [0.3, 0.4) is 0 Å². The molecule has 0 atom stereocenters. The third-order valence-corrected chi connectivity index (χ3v) is 9.38. The van der Waals surface area contributed by atoms with Crippen LogP contribution in [0.4, 0.5) is 0 Å². The van der Waals surface area contributed by atoms with Crippen molar-refractivity contribution in [2.24, 2.45) is 0 Å². The van der Waals surface area contributed by atoms with E-state index in [1.807, 2.05) is 24.3 Å². The lowest BCUT2D eigenvalue weighted by molar-refractivity contribution is 0.673. The Hall–Kier alpha value is -6.52. The molecule has 0 aliphatic carbocycles. The summed E-state index contributed by atoms with van der Waals surface area (Å²) in [7, 11) is 0. The zero-order chi connectivity index (χ0) is 31.6. The number of benzene rings is 7. The largest absolute Gasteiger partial charge is 0.455 e. The van der Waals surface area contributed by atoms with Gasteiger partial charge in [0.1, 0.15) is 11.2 Å². The van der Waals surface area contributed by atoms with E-state index >= 15 is 0 Å². The first-order valence-electron chi connectivity index (χ1n) is 16.2. The molecule has 0 N–H and O–H groups in total. The van der Waals surface area contributed by atoms with Crippen molar-refractivity contribution >= 4 is 54.5 Å². The summed E-state index contributed by atoms with van der Waals surface area (Å²) in [5, 5.41) is 6.65. The Morgan fingerprint density at radius 1 is 0.458 bits per heavy atom. The lowest BCUT2D eigenvalue weighted by Gasteiger charge is -2.14. The summed E-state index contributed by atoms with van der Waals surface area (Å²) in [5.41, 5.74) is 9.71. The Labute approximate surface area is 276 Å². The van der Waals surface area contributed by atoms with Gasteiger partial charge in [0.15, 0.2) is 5.82 Å². The maximum Gasteiger partial charge on any atom is 0.162 e. The molecule has 0 aliphatic heterocycles. The monoisotopic (exact) mass is 613 g/mol. The quantitative estimate of drug-likeness (QED) is 0.198. The lowest BCUT2D eigenvalue weighted by Crippen LogP contribution is -2.00. The zero-order valence-corrected chi connectivity index (χ0v) is 25.8. The first-order valence-corrected chi connectivity index (χ1v) is 16.2. The molecule has 224 valence electrons. The smallest absolute Gasteiger partial charge is 0.162 e. The molecule has 0 spiro atoms. The van der Waals surface area contributed by atoms with Gasteiger partial charge in [0.05, 0.1) is 27.8 Å². The van der Waals surface area contributed by atoms with Crippen LogP contribution in [0.25, 0.3) is 94.1 Å². The highest BCUT2D eigenvalue weighted by molar-refractivity contribution is 6.30. The Bertz CT molecular complexity index is 2760. The van der Waals surface area contributed by atoms with Gasteiger partial charge in [-0.25, -0.2) is 9.97 Å². The summed E-state index contributed by atoms with van der Waals surface area (Å²) >= 11 is 0. The second kappa shape index (κ2) is 10.5. The standard InChI is InChI=1S/C44H27N3O/c1-4-15-29(16-5-1)37-27-38(30-17-6-2-7-18-30)46-44(45-37)36-26-35-33-22-12-13-23-39(33)48-43(35)40-34-25-24-28-14-10-11-21-32(28)41(34)47(42(36)40)31-19-8-3-9-20-31/h1-27H. The van der Waals surface area contributed by atoms with E-state index in [0.29, 0.717) is 5.82 Å². The van der Waals surface area contributed by atoms with E-state index in [2.05, 4.69) is 144 Å². The van der Waals surface area contributed by atoms with Crippen LogP contribution in [0.5, 0.6) is 0 Å². The van der Waals surface area contributed by atoms with E-state index in [4.69, 9.17) is 14.4 Å². The highest BCUT2D eigenvalue weighted by atomic mass is 16.3. The summed E-state index contributed by atoms with van der Waals surface area (Å²) in [4.78, 5) is 10.7. The van der Waals surface area contributed by atoms with Gasteiger partial charge in [0.2, 0.25) is 0 Å². The molecule has 7 aromatic carbocycles. The second-order valence-corrected chi connectivity index (χ2v) is 12.2. The summed E-state index contributed by atoms with van der Waals surface area (Å²) in [6, 6.07) is 57.0. The fourth-order valence-electron chi connectivity index (χ4n) is 7.23. The van der Waals surface area contributed by atoms with Crippen molar-refractivity contribution in [2.75, 3.05) is 0 Å². The van der Waals surface area contributed by atoms with Crippen LogP contribution in [0, 0.1) is 0 Å². The first-order chi connectivity index (χ1) is 23.8. The summed E-state index contributed by atoms with van der Waals surface area (Å²) in [6.07, 6.45) is 0. The maximum absolute atomic E-state index is 6.76. The Kier molecular flexibility index (Phi) is 5.84. The van der Waals surface area contributed by atoms with Crippen molar-refractivity contribution < 1.29 is 4.42 Å². The summed E-state index contributed by atoms with van der Waals surface area (Å²) in [6.45, 7) is 0. The minimum atomic E-state index is 0.664. The number of rotatable bonds is 4. The molecule has 0 aliphatic rings. The molecule has 4 nitrogen and oxygen atoms in total. The van der Waals surface area contributed by atoms with Crippen LogP contribution in [-0.4, -0.2) is 14.5 Å². The Morgan fingerprint density at radius 2 is 1.06 bits per heavy atom. The predicted octanol–water partition coefficient (Wildman–Crippen LogP) is 11.6. The summed E-state index contributed by atoms with van der Waals surface area (Å²) in [5.74, 6) is 0.664. The number of hydrogen-bond acceptors (Lipinski definition) is 3. The molecule has 10 rings (SSSR count). The van der Waals surface area contributed by atoms with Crippen LogP contribution in [0.1, 0.15) is 0 Å². The van der Waals surface area contributed by atoms with Crippen LogP contribution >= 0.6 is 0 Å². The molecule has 3 aromatic heterocycles. The number of fused-ring (bicyclic) bond motifs is 9. The fraction of sp³-hybridized carbons (Fsp3) is 0. The minimum absolute atomic E-state index is 0.664. The normalized spacial score (nSPS) is 11.8. The first kappa shape index (κ1) is 26.7. The van der Waals surface area contributed by atoms with E-state index in [1.54, 1.807) is 0 Å². The molecule has 0 saturated heterocycles. The van der Waals surface area contributed by atoms with Crippen molar-refractivity contribution in [1.82, 2.24) is 14.5 Å². The number of para-hydroxylation sites is 2. The van der Waals surface area contributed by atoms with E-state index in [-0.39, 0.29) is 0 Å². The van der Waals surface area contributed by atoms with Gasteiger partial charge in [-0.2, -0.15) is 0 Å². The average Bonchev–Trinajstić information content (AvgIpc) is 3.72. The molecule has 0 saturated carbocycles. The molecular formula is C44H27N3O. The SMILES string of the molecule is c1ccc(-c2cc(-c3ccccc3)nc(-c3cc4c5ccccc5oc4c4c5ccc6ccccc6c5n(-c5ccccc5)c34)n2)cc1. The van der Waals surface area contributed by atoms with Gasteiger partial charge in [-0.15, -0.1) is 0 Å². The third kappa shape index (κ3) is 4.03. The fourth-order valence-corrected chi connectivity index (χ4v) is 7.23. The van der Waals surface area contributed by atoms with Gasteiger partial charge in [-0.1, -0.05) is 133 Å². The van der Waals surface area contributed by atoms with Crippen LogP contribution in [-0.2, 0) is 0 Å². The van der Waals surface area contributed by atoms with Gasteiger partial charge in [0.25, 0.3) is 0 Å². The van der Waals surface area contributed by atoms with Gasteiger partial charge in [-0.3, -0.25) is 0 Å². The van der Waals surface area contributed by atoms with Crippen LogP contribution in [0.15, 0.2) is 168 Å². The number of aromatic nitrogens is 3. The molecule has 0 radical (unpaired) electrons. The third-order valence-electron chi connectivity index (χ3n) is 9.38. The van der Waals surface area contributed by atoms with Crippen molar-refractivity contribution in [3.63, 3.8) is 0 Å². The topological polar surface area (TPSA) is 43.9 Å². The molecule has 3 heterocycles. The van der Waals surface area contributed by atoms with Crippen molar-refractivity contribution in [2.45, 2.75) is 0 Å². The number of hydrogen-bond donors (Lipinski definition) is 0. The summed E-state index contributed by atoms with van der Waals surface area (Å²) < 4.78 is 9.14. The predicted molar refractivity (Wildman–Crippen MR) is 197 cm³/mol. The molecule has 0 unspecified atom stereocenters. The highest BCUT2D eigenvalue weighted by Gasteiger charge is 2.25. The maximum atomic E-state index is 6.76. The minimum Gasteiger partial charge on any atom is -0.455 e. The second-order valence-electron chi connectivity index (χ2n) is 12.2. The van der Waals surface area contributed by atoms with E-state index in [1.165, 1.54) is 10.8 Å². The molecule has 0 fully saturated rings. The van der Waals surface area contributed by atoms with Crippen molar-refractivity contribution in [3.8, 4) is 39.6 Å². The van der Waals surface area contributed by atoms with Gasteiger partial charge < -0.3 is 8.98 Å². The number of furan rings is 1. The van der Waals surface area contributed by atoms with Crippen molar-refractivity contribution in [1.29, 1.82) is 0 Å². The molecule has 10 aromatic rings. The van der Waals surface area contributed by atoms with E-state index in [9.17, 15) is 0 Å². The Morgan fingerprint density at radius 3 is 1.77 bits per heavy atom. The van der Waals surface area contributed by atoms with Crippen LogP contribution < -0.4 is 0 Å².